The van der Waals surface area contributed by atoms with Crippen LogP contribution >= 0.6 is 15.9 Å². The molecule has 0 spiro atoms. The summed E-state index contributed by atoms with van der Waals surface area (Å²) in [6.07, 6.45) is 0. The minimum Gasteiger partial charge on any atom is -0.349 e. The van der Waals surface area contributed by atoms with Gasteiger partial charge in [0.2, 0.25) is 0 Å². The lowest BCUT2D eigenvalue weighted by atomic mass is 10.1. The first kappa shape index (κ1) is 14.0. The van der Waals surface area contributed by atoms with Crippen molar-refractivity contribution in [1.82, 2.24) is 9.80 Å². The summed E-state index contributed by atoms with van der Waals surface area (Å²) < 4.78 is 1.10. The first-order valence-corrected chi connectivity index (χ1v) is 6.35. The van der Waals surface area contributed by atoms with E-state index in [0.29, 0.717) is 6.54 Å². The topological polar surface area (TPSA) is 18.8 Å². The number of aryl methyl sites for hydroxylation is 1. The monoisotopic (exact) mass is 297 g/mol. The number of hydrogen-bond acceptors (Lipinski definition) is 1. The highest BCUT2D eigenvalue weighted by Gasteiger charge is 2.05. The number of benzene rings is 1. The number of guanidine groups is 1. The first-order valence-electron chi connectivity index (χ1n) is 5.56. The molecule has 0 aliphatic rings. The van der Waals surface area contributed by atoms with Crippen LogP contribution < -0.4 is 0 Å². The molecule has 0 saturated heterocycles. The molecule has 0 radical (unpaired) electrons. The fourth-order valence-electron chi connectivity index (χ4n) is 1.65. The fourth-order valence-corrected chi connectivity index (χ4v) is 2.06. The second kappa shape index (κ2) is 6.05. The first-order chi connectivity index (χ1) is 7.91. The Hall–Kier alpha value is -1.03. The van der Waals surface area contributed by atoms with Crippen molar-refractivity contribution in [2.45, 2.75) is 13.5 Å². The van der Waals surface area contributed by atoms with Gasteiger partial charge in [-0.15, -0.1) is 0 Å². The summed E-state index contributed by atoms with van der Waals surface area (Å²) in [5.74, 6) is 0.976. The lowest BCUT2D eigenvalue weighted by molar-refractivity contribution is 0.479. The van der Waals surface area contributed by atoms with Crippen LogP contribution in [0, 0.1) is 6.92 Å². The van der Waals surface area contributed by atoms with E-state index in [1.165, 1.54) is 11.1 Å². The van der Waals surface area contributed by atoms with Gasteiger partial charge >= 0.3 is 0 Å². The fraction of sp³-hybridized carbons (Fsp3) is 0.462. The van der Waals surface area contributed by atoms with Gasteiger partial charge in [-0.05, 0) is 30.2 Å². The van der Waals surface area contributed by atoms with E-state index in [0.717, 1.165) is 10.4 Å². The predicted molar refractivity (Wildman–Crippen MR) is 77.4 cm³/mol. The number of nitrogens with zero attached hydrogens (tertiary/aromatic N) is 3. The van der Waals surface area contributed by atoms with Crippen LogP contribution in [-0.2, 0) is 6.54 Å². The second-order valence-corrected chi connectivity index (χ2v) is 5.39. The Balaban J connectivity index is 2.90. The van der Waals surface area contributed by atoms with Gasteiger partial charge < -0.3 is 9.80 Å². The maximum absolute atomic E-state index is 4.64. The van der Waals surface area contributed by atoms with E-state index in [9.17, 15) is 0 Å². The highest BCUT2D eigenvalue weighted by Crippen LogP contribution is 2.16. The largest absolute Gasteiger partial charge is 0.349 e. The molecule has 1 aromatic carbocycles. The number of halogens is 1. The molecule has 94 valence electrons. The number of rotatable bonds is 2. The van der Waals surface area contributed by atoms with Crippen molar-refractivity contribution in [1.29, 1.82) is 0 Å². The molecule has 0 amide bonds. The normalized spacial score (nSPS) is 10.0. The molecule has 0 aliphatic carbocycles. The molecule has 1 rings (SSSR count). The molecule has 3 nitrogen and oxygen atoms in total. The molecule has 0 bridgehead atoms. The van der Waals surface area contributed by atoms with Gasteiger partial charge in [0.1, 0.15) is 0 Å². The summed E-state index contributed by atoms with van der Waals surface area (Å²) in [5.41, 5.74) is 2.52. The highest BCUT2D eigenvalue weighted by atomic mass is 79.9. The van der Waals surface area contributed by atoms with Crippen LogP contribution in [0.5, 0.6) is 0 Å². The van der Waals surface area contributed by atoms with Crippen molar-refractivity contribution in [2.75, 3.05) is 28.2 Å². The van der Waals surface area contributed by atoms with Crippen LogP contribution in [0.2, 0.25) is 0 Å². The SMILES string of the molecule is Cc1ccc(Br)cc1CN=C(N(C)C)N(C)C. The average Bonchev–Trinajstić information content (AvgIpc) is 2.22. The summed E-state index contributed by atoms with van der Waals surface area (Å²) in [5, 5.41) is 0. The van der Waals surface area contributed by atoms with Crippen LogP contribution in [0.25, 0.3) is 0 Å². The Labute approximate surface area is 112 Å². The molecular formula is C13H20BrN3. The van der Waals surface area contributed by atoms with Gasteiger partial charge in [0.15, 0.2) is 5.96 Å². The Kier molecular flexibility index (Phi) is 5.00. The van der Waals surface area contributed by atoms with Crippen LogP contribution in [0.4, 0.5) is 0 Å². The van der Waals surface area contributed by atoms with E-state index in [1.807, 2.05) is 38.0 Å². The van der Waals surface area contributed by atoms with E-state index in [4.69, 9.17) is 0 Å². The lowest BCUT2D eigenvalue weighted by Gasteiger charge is -2.22. The Morgan fingerprint density at radius 1 is 1.18 bits per heavy atom. The van der Waals surface area contributed by atoms with E-state index in [-0.39, 0.29) is 0 Å². The summed E-state index contributed by atoms with van der Waals surface area (Å²) in [6.45, 7) is 2.82. The van der Waals surface area contributed by atoms with Gasteiger partial charge in [0, 0.05) is 32.7 Å². The zero-order chi connectivity index (χ0) is 13.0. The third-order valence-corrected chi connectivity index (χ3v) is 3.00. The van der Waals surface area contributed by atoms with Crippen molar-refractivity contribution < 1.29 is 0 Å². The number of hydrogen-bond donors (Lipinski definition) is 0. The van der Waals surface area contributed by atoms with Crippen LogP contribution in [0.3, 0.4) is 0 Å². The molecule has 0 heterocycles. The smallest absolute Gasteiger partial charge is 0.195 e. The van der Waals surface area contributed by atoms with E-state index < -0.39 is 0 Å². The zero-order valence-electron chi connectivity index (χ0n) is 11.2. The molecule has 0 aliphatic heterocycles. The zero-order valence-corrected chi connectivity index (χ0v) is 12.7. The number of aliphatic imine (C=N–C) groups is 1. The van der Waals surface area contributed by atoms with E-state index in [1.54, 1.807) is 0 Å². The molecule has 0 N–H and O–H groups in total. The van der Waals surface area contributed by atoms with E-state index in [2.05, 4.69) is 46.0 Å². The average molecular weight is 298 g/mol. The minimum atomic E-state index is 0.705. The maximum Gasteiger partial charge on any atom is 0.195 e. The molecule has 4 heteroatoms. The van der Waals surface area contributed by atoms with Gasteiger partial charge in [0.25, 0.3) is 0 Å². The quantitative estimate of drug-likeness (QED) is 0.617. The molecule has 0 unspecified atom stereocenters. The van der Waals surface area contributed by atoms with Gasteiger partial charge in [0.05, 0.1) is 6.54 Å². The predicted octanol–water partition coefficient (Wildman–Crippen LogP) is 2.74. The molecule has 1 aromatic rings. The Bertz CT molecular complexity index is 401. The highest BCUT2D eigenvalue weighted by molar-refractivity contribution is 9.10. The summed E-state index contributed by atoms with van der Waals surface area (Å²) in [6, 6.07) is 6.29. The summed E-state index contributed by atoms with van der Waals surface area (Å²) >= 11 is 3.49. The Morgan fingerprint density at radius 3 is 2.29 bits per heavy atom. The van der Waals surface area contributed by atoms with Crippen LogP contribution in [-0.4, -0.2) is 44.0 Å². The van der Waals surface area contributed by atoms with Gasteiger partial charge in [-0.25, -0.2) is 4.99 Å². The standard InChI is InChI=1S/C13H20BrN3/c1-10-6-7-12(14)8-11(10)9-15-13(16(2)3)17(4)5/h6-8H,9H2,1-5H3. The molecule has 0 atom stereocenters. The van der Waals surface area contributed by atoms with Crippen molar-refractivity contribution in [3.63, 3.8) is 0 Å². The van der Waals surface area contributed by atoms with Crippen molar-refractivity contribution in [2.24, 2.45) is 4.99 Å². The molecular weight excluding hydrogens is 278 g/mol. The summed E-state index contributed by atoms with van der Waals surface area (Å²) in [4.78, 5) is 8.68. The van der Waals surface area contributed by atoms with Crippen molar-refractivity contribution >= 4 is 21.9 Å². The van der Waals surface area contributed by atoms with Crippen LogP contribution in [0.1, 0.15) is 11.1 Å². The summed E-state index contributed by atoms with van der Waals surface area (Å²) in [7, 11) is 8.03. The molecule has 0 fully saturated rings. The second-order valence-electron chi connectivity index (χ2n) is 4.48. The molecule has 0 saturated carbocycles. The Morgan fingerprint density at radius 2 is 1.76 bits per heavy atom. The molecule has 17 heavy (non-hydrogen) atoms. The van der Waals surface area contributed by atoms with Gasteiger partial charge in [-0.2, -0.15) is 0 Å². The van der Waals surface area contributed by atoms with Crippen LogP contribution in [0.15, 0.2) is 27.7 Å². The molecule has 0 aromatic heterocycles. The maximum atomic E-state index is 4.64. The van der Waals surface area contributed by atoms with Gasteiger partial charge in [-0.1, -0.05) is 22.0 Å². The minimum absolute atomic E-state index is 0.705. The van der Waals surface area contributed by atoms with Crippen molar-refractivity contribution in [3.8, 4) is 0 Å². The third kappa shape index (κ3) is 4.04. The third-order valence-electron chi connectivity index (χ3n) is 2.50. The van der Waals surface area contributed by atoms with E-state index >= 15 is 0 Å². The van der Waals surface area contributed by atoms with Gasteiger partial charge in [-0.3, -0.25) is 0 Å². The lowest BCUT2D eigenvalue weighted by Crippen LogP contribution is -2.35. The van der Waals surface area contributed by atoms with Crippen molar-refractivity contribution in [3.05, 3.63) is 33.8 Å².